The summed E-state index contributed by atoms with van der Waals surface area (Å²) in [4.78, 5) is 4.00. The van der Waals surface area contributed by atoms with Gasteiger partial charge in [-0.1, -0.05) is 6.07 Å². The summed E-state index contributed by atoms with van der Waals surface area (Å²) in [6.45, 7) is 0. The number of ether oxygens (including phenoxy) is 1. The first-order valence-corrected chi connectivity index (χ1v) is 7.68. The molecule has 0 aliphatic carbocycles. The molecule has 0 radical (unpaired) electrons. The smallest absolute Gasteiger partial charge is 0.244 e. The normalized spacial score (nSPS) is 15.9. The molecule has 3 heterocycles. The van der Waals surface area contributed by atoms with Crippen LogP contribution >= 0.6 is 0 Å². The number of aromatic hydroxyl groups is 2. The Kier molecular flexibility index (Phi) is 3.48. The molecule has 0 fully saturated rings. The number of H-pyrrole nitrogens is 1. The Labute approximate surface area is 147 Å². The molecule has 2 aromatic heterocycles. The summed E-state index contributed by atoms with van der Waals surface area (Å²) in [6, 6.07) is 10.0. The van der Waals surface area contributed by atoms with Crippen molar-refractivity contribution in [3.63, 3.8) is 0 Å². The van der Waals surface area contributed by atoms with E-state index in [2.05, 4.69) is 21.3 Å². The molecule has 26 heavy (non-hydrogen) atoms. The average Bonchev–Trinajstić information content (AvgIpc) is 3.07. The summed E-state index contributed by atoms with van der Waals surface area (Å²) < 4.78 is 5.51. The standard InChI is InChI=1S/C18H13N5O3/c19-8-11-14(10-1-2-12(24)13(25)7-10)15-16(9-3-5-21-6-4-9)22-23-18(15)26-17(11)20/h1-7,14,24-25H,20H2,(H,22,23)/t14-/m1/s1. The SMILES string of the molecule is N#CC1=C(N)Oc2n[nH]c(-c3ccncc3)c2[C@@H]1c1ccc(O)c(O)c1. The van der Waals surface area contributed by atoms with Crippen LogP contribution in [0.2, 0.25) is 0 Å². The molecular weight excluding hydrogens is 334 g/mol. The second-order valence-electron chi connectivity index (χ2n) is 5.73. The van der Waals surface area contributed by atoms with Crippen LogP contribution in [0.4, 0.5) is 0 Å². The van der Waals surface area contributed by atoms with E-state index in [1.54, 1.807) is 30.6 Å². The van der Waals surface area contributed by atoms with Crippen molar-refractivity contribution < 1.29 is 14.9 Å². The average molecular weight is 347 g/mol. The largest absolute Gasteiger partial charge is 0.504 e. The van der Waals surface area contributed by atoms with Crippen molar-refractivity contribution in [2.45, 2.75) is 5.92 Å². The number of fused-ring (bicyclic) bond motifs is 1. The topological polar surface area (TPSA) is 141 Å². The van der Waals surface area contributed by atoms with Gasteiger partial charge in [-0.2, -0.15) is 5.26 Å². The number of phenols is 2. The van der Waals surface area contributed by atoms with Gasteiger partial charge in [0.15, 0.2) is 11.5 Å². The van der Waals surface area contributed by atoms with Gasteiger partial charge >= 0.3 is 0 Å². The zero-order valence-electron chi connectivity index (χ0n) is 13.3. The fraction of sp³-hybridized carbons (Fsp3) is 0.0556. The van der Waals surface area contributed by atoms with Gasteiger partial charge in [0.05, 0.1) is 17.2 Å². The number of aromatic nitrogens is 3. The summed E-state index contributed by atoms with van der Waals surface area (Å²) >= 11 is 0. The number of hydrogen-bond acceptors (Lipinski definition) is 7. The zero-order valence-corrected chi connectivity index (χ0v) is 13.3. The van der Waals surface area contributed by atoms with Gasteiger partial charge in [-0.05, 0) is 29.8 Å². The number of rotatable bonds is 2. The number of nitriles is 1. The van der Waals surface area contributed by atoms with Gasteiger partial charge < -0.3 is 20.7 Å². The second kappa shape index (κ2) is 5.82. The van der Waals surface area contributed by atoms with E-state index in [0.717, 1.165) is 5.56 Å². The summed E-state index contributed by atoms with van der Waals surface area (Å²) in [6.07, 6.45) is 3.28. The van der Waals surface area contributed by atoms with Crippen LogP contribution in [0.15, 0.2) is 54.2 Å². The number of benzene rings is 1. The Balaban J connectivity index is 1.97. The highest BCUT2D eigenvalue weighted by Crippen LogP contribution is 2.46. The number of nitrogens with two attached hydrogens (primary N) is 1. The zero-order chi connectivity index (χ0) is 18.3. The van der Waals surface area contributed by atoms with E-state index in [-0.39, 0.29) is 28.8 Å². The van der Waals surface area contributed by atoms with E-state index >= 15 is 0 Å². The molecule has 0 amide bonds. The maximum Gasteiger partial charge on any atom is 0.244 e. The van der Waals surface area contributed by atoms with Crippen LogP contribution in [0.1, 0.15) is 17.0 Å². The number of pyridine rings is 1. The van der Waals surface area contributed by atoms with Crippen LogP contribution in [0, 0.1) is 11.3 Å². The third-order valence-corrected chi connectivity index (χ3v) is 4.24. The van der Waals surface area contributed by atoms with Gasteiger partial charge in [0.1, 0.15) is 11.6 Å². The van der Waals surface area contributed by atoms with Crippen molar-refractivity contribution in [3.05, 3.63) is 65.3 Å². The molecule has 8 nitrogen and oxygen atoms in total. The minimum atomic E-state index is -0.614. The minimum absolute atomic E-state index is 0.0506. The van der Waals surface area contributed by atoms with Crippen molar-refractivity contribution in [1.29, 1.82) is 5.26 Å². The highest BCUT2D eigenvalue weighted by Gasteiger charge is 2.35. The van der Waals surface area contributed by atoms with Crippen LogP contribution < -0.4 is 10.5 Å². The van der Waals surface area contributed by atoms with E-state index in [1.807, 2.05) is 0 Å². The quantitative estimate of drug-likeness (QED) is 0.520. The van der Waals surface area contributed by atoms with Crippen molar-refractivity contribution in [2.24, 2.45) is 5.73 Å². The van der Waals surface area contributed by atoms with E-state index in [1.165, 1.54) is 12.1 Å². The highest BCUT2D eigenvalue weighted by atomic mass is 16.5. The lowest BCUT2D eigenvalue weighted by atomic mass is 9.83. The highest BCUT2D eigenvalue weighted by molar-refractivity contribution is 5.70. The summed E-state index contributed by atoms with van der Waals surface area (Å²) in [5.41, 5.74) is 8.75. The van der Waals surface area contributed by atoms with Gasteiger partial charge in [0.2, 0.25) is 11.8 Å². The van der Waals surface area contributed by atoms with Crippen LogP contribution in [-0.2, 0) is 0 Å². The Bertz CT molecular complexity index is 1070. The first kappa shape index (κ1) is 15.5. The van der Waals surface area contributed by atoms with E-state index in [9.17, 15) is 15.5 Å². The summed E-state index contributed by atoms with van der Waals surface area (Å²) in [7, 11) is 0. The Hall–Kier alpha value is -3.99. The predicted molar refractivity (Wildman–Crippen MR) is 90.9 cm³/mol. The van der Waals surface area contributed by atoms with Crippen LogP contribution in [0.5, 0.6) is 17.4 Å². The molecule has 1 aromatic carbocycles. The molecule has 4 rings (SSSR count). The van der Waals surface area contributed by atoms with Gasteiger partial charge in [-0.3, -0.25) is 10.1 Å². The lowest BCUT2D eigenvalue weighted by molar-refractivity contribution is 0.378. The van der Waals surface area contributed by atoms with Crippen LogP contribution in [0.3, 0.4) is 0 Å². The van der Waals surface area contributed by atoms with Gasteiger partial charge in [0, 0.05) is 18.0 Å². The molecule has 0 unspecified atom stereocenters. The Morgan fingerprint density at radius 2 is 1.92 bits per heavy atom. The number of phenolic OH excluding ortho intramolecular Hbond substituents is 2. The first-order chi connectivity index (χ1) is 12.6. The van der Waals surface area contributed by atoms with Crippen LogP contribution in [-0.4, -0.2) is 25.4 Å². The first-order valence-electron chi connectivity index (χ1n) is 7.68. The molecule has 0 saturated heterocycles. The predicted octanol–water partition coefficient (Wildman–Crippen LogP) is 2.10. The number of allylic oxidation sites excluding steroid dienone is 1. The molecule has 3 aromatic rings. The Morgan fingerprint density at radius 3 is 2.62 bits per heavy atom. The second-order valence-corrected chi connectivity index (χ2v) is 5.73. The van der Waals surface area contributed by atoms with E-state index < -0.39 is 5.92 Å². The van der Waals surface area contributed by atoms with E-state index in [0.29, 0.717) is 16.8 Å². The fourth-order valence-electron chi connectivity index (χ4n) is 3.04. The number of nitrogens with one attached hydrogen (secondary N) is 1. The van der Waals surface area contributed by atoms with Crippen LogP contribution in [0.25, 0.3) is 11.3 Å². The lowest BCUT2D eigenvalue weighted by Crippen LogP contribution is -2.20. The molecule has 1 aliphatic heterocycles. The van der Waals surface area contributed by atoms with Crippen molar-refractivity contribution in [3.8, 4) is 34.7 Å². The maximum atomic E-state index is 9.90. The summed E-state index contributed by atoms with van der Waals surface area (Å²) in [5, 5.41) is 36.2. The summed E-state index contributed by atoms with van der Waals surface area (Å²) in [5.74, 6) is -0.952. The molecular formula is C18H13N5O3. The number of nitrogens with zero attached hydrogens (tertiary/aromatic N) is 3. The number of aromatic amines is 1. The molecule has 5 N–H and O–H groups in total. The molecule has 128 valence electrons. The monoisotopic (exact) mass is 347 g/mol. The molecule has 1 aliphatic rings. The van der Waals surface area contributed by atoms with Gasteiger partial charge in [-0.25, -0.2) is 0 Å². The van der Waals surface area contributed by atoms with Crippen molar-refractivity contribution >= 4 is 0 Å². The maximum absolute atomic E-state index is 9.90. The third kappa shape index (κ3) is 2.31. The molecule has 0 saturated carbocycles. The Morgan fingerprint density at radius 1 is 1.15 bits per heavy atom. The van der Waals surface area contributed by atoms with Crippen molar-refractivity contribution in [1.82, 2.24) is 15.2 Å². The molecule has 8 heteroatoms. The minimum Gasteiger partial charge on any atom is -0.504 e. The van der Waals surface area contributed by atoms with Gasteiger partial charge in [0.25, 0.3) is 0 Å². The molecule has 0 spiro atoms. The fourth-order valence-corrected chi connectivity index (χ4v) is 3.04. The molecule has 0 bridgehead atoms. The van der Waals surface area contributed by atoms with E-state index in [4.69, 9.17) is 10.5 Å². The molecule has 1 atom stereocenters. The lowest BCUT2D eigenvalue weighted by Gasteiger charge is -2.24. The van der Waals surface area contributed by atoms with Crippen molar-refractivity contribution in [2.75, 3.05) is 0 Å². The third-order valence-electron chi connectivity index (χ3n) is 4.24. The number of hydrogen-bond donors (Lipinski definition) is 4. The van der Waals surface area contributed by atoms with Gasteiger partial charge in [-0.15, -0.1) is 5.10 Å².